The van der Waals surface area contributed by atoms with Crippen LogP contribution in [0.1, 0.15) is 26.2 Å². The quantitative estimate of drug-likeness (QED) is 0.678. The molecule has 2 fully saturated rings. The molecule has 1 amide bonds. The van der Waals surface area contributed by atoms with Gasteiger partial charge in [0.2, 0.25) is 0 Å². The third kappa shape index (κ3) is 1.80. The van der Waals surface area contributed by atoms with Crippen molar-refractivity contribution in [2.24, 2.45) is 10.9 Å². The maximum Gasteiger partial charge on any atom is 0.252 e. The lowest BCUT2D eigenvalue weighted by Gasteiger charge is -2.25. The summed E-state index contributed by atoms with van der Waals surface area (Å²) >= 11 is 0. The molecule has 90 valence electrons. The lowest BCUT2D eigenvalue weighted by molar-refractivity contribution is -0.124. The predicted octanol–water partition coefficient (Wildman–Crippen LogP) is 0.267. The van der Waals surface area contributed by atoms with Crippen LogP contribution in [-0.4, -0.2) is 37.7 Å². The molecule has 1 saturated heterocycles. The Kier molecular flexibility index (Phi) is 3.14. The number of rotatable bonds is 3. The highest BCUT2D eigenvalue weighted by atomic mass is 16.5. The van der Waals surface area contributed by atoms with Gasteiger partial charge in [0, 0.05) is 7.11 Å². The van der Waals surface area contributed by atoms with Crippen LogP contribution in [-0.2, 0) is 9.53 Å². The number of guanidine groups is 1. The van der Waals surface area contributed by atoms with E-state index in [4.69, 9.17) is 4.74 Å². The van der Waals surface area contributed by atoms with Crippen LogP contribution in [0.2, 0.25) is 0 Å². The summed E-state index contributed by atoms with van der Waals surface area (Å²) in [5.41, 5.74) is -0.397. The molecular weight excluding hydrogens is 206 g/mol. The first-order valence-corrected chi connectivity index (χ1v) is 5.82. The summed E-state index contributed by atoms with van der Waals surface area (Å²) in [6.45, 7) is 3.27. The summed E-state index contributed by atoms with van der Waals surface area (Å²) in [7, 11) is 1.64. The highest BCUT2D eigenvalue weighted by molar-refractivity contribution is 6.09. The fourth-order valence-electron chi connectivity index (χ4n) is 2.55. The molecule has 2 atom stereocenters. The van der Waals surface area contributed by atoms with Crippen molar-refractivity contribution in [2.45, 2.75) is 31.7 Å². The molecule has 2 N–H and O–H groups in total. The van der Waals surface area contributed by atoms with Crippen LogP contribution in [0, 0.1) is 5.92 Å². The lowest BCUT2D eigenvalue weighted by atomic mass is 9.89. The molecular formula is C11H19N3O2. The van der Waals surface area contributed by atoms with Crippen molar-refractivity contribution < 1.29 is 9.53 Å². The summed E-state index contributed by atoms with van der Waals surface area (Å²) < 4.78 is 4.92. The van der Waals surface area contributed by atoms with Gasteiger partial charge in [-0.1, -0.05) is 13.3 Å². The van der Waals surface area contributed by atoms with E-state index < -0.39 is 5.54 Å². The molecule has 1 spiro atoms. The Morgan fingerprint density at radius 3 is 3.06 bits per heavy atom. The van der Waals surface area contributed by atoms with Crippen LogP contribution in [0.15, 0.2) is 4.99 Å². The second-order valence-electron chi connectivity index (χ2n) is 4.57. The van der Waals surface area contributed by atoms with Crippen molar-refractivity contribution in [3.8, 4) is 0 Å². The van der Waals surface area contributed by atoms with E-state index in [1.165, 1.54) is 0 Å². The number of amides is 1. The fraction of sp³-hybridized carbons (Fsp3) is 0.818. The standard InChI is InChI=1S/C11H19N3O2/c1-8-4-3-5-11(8)9(15)13-10(14-11)12-6-7-16-2/h8H,3-7H2,1-2H3,(H2,12,13,14,15). The molecule has 2 rings (SSSR count). The highest BCUT2D eigenvalue weighted by Crippen LogP contribution is 2.37. The van der Waals surface area contributed by atoms with Gasteiger partial charge in [-0.05, 0) is 18.8 Å². The largest absolute Gasteiger partial charge is 0.383 e. The normalized spacial score (nSPS) is 35.8. The van der Waals surface area contributed by atoms with Crippen LogP contribution >= 0.6 is 0 Å². The summed E-state index contributed by atoms with van der Waals surface area (Å²) in [5.74, 6) is 1.06. The monoisotopic (exact) mass is 225 g/mol. The number of nitrogens with one attached hydrogen (secondary N) is 2. The van der Waals surface area contributed by atoms with Crippen LogP contribution in [0.3, 0.4) is 0 Å². The van der Waals surface area contributed by atoms with E-state index in [-0.39, 0.29) is 5.91 Å². The molecule has 1 aliphatic heterocycles. The van der Waals surface area contributed by atoms with E-state index >= 15 is 0 Å². The van der Waals surface area contributed by atoms with E-state index in [1.54, 1.807) is 7.11 Å². The zero-order chi connectivity index (χ0) is 11.6. The third-order valence-corrected chi connectivity index (χ3v) is 3.59. The first-order valence-electron chi connectivity index (χ1n) is 5.82. The van der Waals surface area contributed by atoms with Gasteiger partial charge in [-0.3, -0.25) is 15.1 Å². The zero-order valence-corrected chi connectivity index (χ0v) is 9.88. The third-order valence-electron chi connectivity index (χ3n) is 3.59. The summed E-state index contributed by atoms with van der Waals surface area (Å²) in [5, 5.41) is 6.08. The Bertz CT molecular complexity index is 316. The average molecular weight is 225 g/mol. The van der Waals surface area contributed by atoms with Crippen molar-refractivity contribution >= 4 is 11.9 Å². The fourth-order valence-corrected chi connectivity index (χ4v) is 2.55. The summed E-state index contributed by atoms with van der Waals surface area (Å²) in [6.07, 6.45) is 3.11. The van der Waals surface area contributed by atoms with E-state index in [2.05, 4.69) is 22.5 Å². The minimum atomic E-state index is -0.397. The first kappa shape index (κ1) is 11.4. The molecule has 0 bridgehead atoms. The van der Waals surface area contributed by atoms with Crippen LogP contribution < -0.4 is 10.6 Å². The smallest absolute Gasteiger partial charge is 0.252 e. The van der Waals surface area contributed by atoms with Gasteiger partial charge < -0.3 is 10.1 Å². The van der Waals surface area contributed by atoms with Gasteiger partial charge in [-0.15, -0.1) is 0 Å². The molecule has 5 nitrogen and oxygen atoms in total. The molecule has 0 aromatic rings. The van der Waals surface area contributed by atoms with Crippen LogP contribution in [0.25, 0.3) is 0 Å². The maximum atomic E-state index is 12.0. The average Bonchev–Trinajstić information content (AvgIpc) is 2.75. The van der Waals surface area contributed by atoms with Gasteiger partial charge in [-0.25, -0.2) is 0 Å². The van der Waals surface area contributed by atoms with Crippen molar-refractivity contribution in [3.05, 3.63) is 0 Å². The number of carbonyl (C=O) groups is 1. The number of ether oxygens (including phenoxy) is 1. The number of aliphatic imine (C=N–C) groups is 1. The molecule has 1 heterocycles. The molecule has 0 aromatic carbocycles. The van der Waals surface area contributed by atoms with Crippen LogP contribution in [0.4, 0.5) is 0 Å². The number of nitrogens with zero attached hydrogens (tertiary/aromatic N) is 1. The van der Waals surface area contributed by atoms with Crippen molar-refractivity contribution in [2.75, 3.05) is 20.3 Å². The molecule has 2 unspecified atom stereocenters. The minimum Gasteiger partial charge on any atom is -0.383 e. The Balaban J connectivity index is 2.04. The van der Waals surface area contributed by atoms with Crippen molar-refractivity contribution in [1.29, 1.82) is 0 Å². The minimum absolute atomic E-state index is 0.0775. The molecule has 0 aromatic heterocycles. The van der Waals surface area contributed by atoms with Gasteiger partial charge in [0.05, 0.1) is 13.2 Å². The Labute approximate surface area is 95.6 Å². The molecule has 16 heavy (non-hydrogen) atoms. The molecule has 0 radical (unpaired) electrons. The topological polar surface area (TPSA) is 62.7 Å². The predicted molar refractivity (Wildman–Crippen MR) is 61.2 cm³/mol. The molecule has 2 aliphatic rings. The van der Waals surface area contributed by atoms with E-state index in [1.807, 2.05) is 0 Å². The van der Waals surface area contributed by atoms with Gasteiger partial charge in [-0.2, -0.15) is 0 Å². The Morgan fingerprint density at radius 1 is 1.62 bits per heavy atom. The molecule has 5 heteroatoms. The number of hydrogen-bond acceptors (Lipinski definition) is 3. The maximum absolute atomic E-state index is 12.0. The van der Waals surface area contributed by atoms with Gasteiger partial charge in [0.1, 0.15) is 5.54 Å². The van der Waals surface area contributed by atoms with Crippen LogP contribution in [0.5, 0.6) is 0 Å². The first-order chi connectivity index (χ1) is 7.69. The summed E-state index contributed by atoms with van der Waals surface area (Å²) in [6, 6.07) is 0. The molecule has 1 saturated carbocycles. The second-order valence-corrected chi connectivity index (χ2v) is 4.57. The highest BCUT2D eigenvalue weighted by Gasteiger charge is 2.51. The Morgan fingerprint density at radius 2 is 2.44 bits per heavy atom. The van der Waals surface area contributed by atoms with Gasteiger partial charge in [0.15, 0.2) is 5.96 Å². The second kappa shape index (κ2) is 4.41. The van der Waals surface area contributed by atoms with E-state index in [0.717, 1.165) is 19.3 Å². The van der Waals surface area contributed by atoms with Gasteiger partial charge in [0.25, 0.3) is 5.91 Å². The summed E-state index contributed by atoms with van der Waals surface area (Å²) in [4.78, 5) is 16.2. The van der Waals surface area contributed by atoms with E-state index in [9.17, 15) is 4.79 Å². The number of carbonyl (C=O) groups excluding carboxylic acids is 1. The number of hydrogen-bond donors (Lipinski definition) is 2. The van der Waals surface area contributed by atoms with E-state index in [0.29, 0.717) is 25.0 Å². The zero-order valence-electron chi connectivity index (χ0n) is 9.88. The van der Waals surface area contributed by atoms with Gasteiger partial charge >= 0.3 is 0 Å². The number of methoxy groups -OCH3 is 1. The van der Waals surface area contributed by atoms with Crippen molar-refractivity contribution in [1.82, 2.24) is 10.6 Å². The Hall–Kier alpha value is -1.10. The van der Waals surface area contributed by atoms with Crippen molar-refractivity contribution in [3.63, 3.8) is 0 Å². The molecule has 1 aliphatic carbocycles. The lowest BCUT2D eigenvalue weighted by Crippen LogP contribution is -2.49. The SMILES string of the molecule is COCCN=C1NC(=O)C2(CCCC2C)N1.